The number of nitrogens with zero attached hydrogens (tertiary/aromatic N) is 3. The lowest BCUT2D eigenvalue weighted by molar-refractivity contribution is -0.134. The molecule has 5 nitrogen and oxygen atoms in total. The van der Waals surface area contributed by atoms with E-state index in [9.17, 15) is 4.79 Å². The minimum absolute atomic E-state index is 0.290. The first-order valence-corrected chi connectivity index (χ1v) is 10.8. The van der Waals surface area contributed by atoms with E-state index in [1.807, 2.05) is 30.6 Å². The van der Waals surface area contributed by atoms with E-state index < -0.39 is 0 Å². The summed E-state index contributed by atoms with van der Waals surface area (Å²) in [4.78, 5) is 22.0. The highest BCUT2D eigenvalue weighted by Gasteiger charge is 2.49. The van der Waals surface area contributed by atoms with Crippen molar-refractivity contribution in [3.63, 3.8) is 0 Å². The van der Waals surface area contributed by atoms with E-state index in [2.05, 4.69) is 33.0 Å². The Balaban J connectivity index is 1.38. The van der Waals surface area contributed by atoms with Gasteiger partial charge in [0.15, 0.2) is 0 Å². The molecule has 1 aromatic heterocycles. The van der Waals surface area contributed by atoms with Gasteiger partial charge in [0.2, 0.25) is 5.91 Å². The second-order valence-corrected chi connectivity index (χ2v) is 8.76. The van der Waals surface area contributed by atoms with Gasteiger partial charge >= 0.3 is 0 Å². The zero-order valence-corrected chi connectivity index (χ0v) is 17.0. The molecule has 0 radical (unpaired) electrons. The number of hydrogen-bond donors (Lipinski definition) is 0. The van der Waals surface area contributed by atoms with E-state index in [1.165, 1.54) is 11.1 Å². The average molecular weight is 392 g/mol. The molecular weight excluding hydrogens is 362 g/mol. The van der Waals surface area contributed by atoms with Gasteiger partial charge in [-0.3, -0.25) is 14.7 Å². The number of benzene rings is 1. The number of aromatic nitrogens is 1. The second-order valence-electron chi connectivity index (χ2n) is 8.76. The van der Waals surface area contributed by atoms with Gasteiger partial charge in [-0.2, -0.15) is 0 Å². The number of hydrogen-bond acceptors (Lipinski definition) is 4. The Kier molecular flexibility index (Phi) is 5.00. The molecular formula is C24H29N3O2. The fraction of sp³-hybridized carbons (Fsp3) is 0.500. The Morgan fingerprint density at radius 2 is 1.97 bits per heavy atom. The molecule has 2 saturated heterocycles. The first-order valence-electron chi connectivity index (χ1n) is 10.8. The van der Waals surface area contributed by atoms with Crippen LogP contribution < -0.4 is 4.74 Å². The molecule has 152 valence electrons. The van der Waals surface area contributed by atoms with Crippen LogP contribution in [-0.4, -0.2) is 53.5 Å². The molecule has 0 unspecified atom stereocenters. The van der Waals surface area contributed by atoms with E-state index in [0.717, 1.165) is 51.2 Å². The van der Waals surface area contributed by atoms with Crippen LogP contribution in [0, 0.1) is 11.8 Å². The van der Waals surface area contributed by atoms with Gasteiger partial charge in [-0.15, -0.1) is 0 Å². The van der Waals surface area contributed by atoms with E-state index in [-0.39, 0.29) is 0 Å². The molecule has 5 heteroatoms. The summed E-state index contributed by atoms with van der Waals surface area (Å²) in [6.45, 7) is 3.87. The van der Waals surface area contributed by atoms with Crippen LogP contribution in [0.4, 0.5) is 0 Å². The Bertz CT molecular complexity index is 850. The molecule has 29 heavy (non-hydrogen) atoms. The fourth-order valence-electron chi connectivity index (χ4n) is 5.22. The number of methoxy groups -OCH3 is 1. The Morgan fingerprint density at radius 3 is 2.66 bits per heavy atom. The molecule has 3 aliphatic rings. The van der Waals surface area contributed by atoms with Gasteiger partial charge in [0.1, 0.15) is 5.75 Å². The van der Waals surface area contributed by atoms with E-state index in [4.69, 9.17) is 4.74 Å². The topological polar surface area (TPSA) is 45.7 Å². The number of pyridine rings is 1. The van der Waals surface area contributed by atoms with Crippen molar-refractivity contribution in [3.05, 3.63) is 59.9 Å². The second kappa shape index (κ2) is 7.79. The van der Waals surface area contributed by atoms with Crippen molar-refractivity contribution in [2.24, 2.45) is 11.8 Å². The highest BCUT2D eigenvalue weighted by Crippen LogP contribution is 2.44. The summed E-state index contributed by atoms with van der Waals surface area (Å²) in [5, 5.41) is 0. The normalized spacial score (nSPS) is 26.9. The minimum Gasteiger partial charge on any atom is -0.497 e. The van der Waals surface area contributed by atoms with Crippen LogP contribution in [0.1, 0.15) is 36.3 Å². The van der Waals surface area contributed by atoms with Crippen molar-refractivity contribution in [3.8, 4) is 5.75 Å². The molecule has 3 heterocycles. The van der Waals surface area contributed by atoms with Crippen LogP contribution in [0.5, 0.6) is 5.75 Å². The molecule has 1 aromatic carbocycles. The quantitative estimate of drug-likeness (QED) is 0.784. The summed E-state index contributed by atoms with van der Waals surface area (Å²) in [5.74, 6) is 2.45. The maximum Gasteiger partial charge on any atom is 0.225 e. The summed E-state index contributed by atoms with van der Waals surface area (Å²) < 4.78 is 5.34. The lowest BCUT2D eigenvalue weighted by Crippen LogP contribution is -2.48. The summed E-state index contributed by atoms with van der Waals surface area (Å²) in [7, 11) is 1.70. The summed E-state index contributed by atoms with van der Waals surface area (Å²) in [5.41, 5.74) is 2.59. The van der Waals surface area contributed by atoms with Gasteiger partial charge in [0.05, 0.1) is 7.11 Å². The monoisotopic (exact) mass is 391 g/mol. The number of fused-ring (bicyclic) bond motifs is 1. The molecule has 3 fully saturated rings. The number of carbonyl (C=O) groups excluding carboxylic acids is 1. The maximum absolute atomic E-state index is 13.0. The van der Waals surface area contributed by atoms with Crippen molar-refractivity contribution in [2.75, 3.05) is 26.7 Å². The number of carbonyl (C=O) groups is 1. The molecule has 1 amide bonds. The highest BCUT2D eigenvalue weighted by molar-refractivity contribution is 5.82. The molecule has 1 aliphatic carbocycles. The first kappa shape index (κ1) is 18.6. The predicted octanol–water partition coefficient (Wildman–Crippen LogP) is 3.32. The van der Waals surface area contributed by atoms with Crippen LogP contribution in [-0.2, 0) is 11.3 Å². The van der Waals surface area contributed by atoms with Crippen molar-refractivity contribution < 1.29 is 9.53 Å². The van der Waals surface area contributed by atoms with Crippen LogP contribution >= 0.6 is 0 Å². The van der Waals surface area contributed by atoms with Crippen LogP contribution in [0.3, 0.4) is 0 Å². The standard InChI is InChI=1S/C24H29N3O2/c1-29-20-8-6-18(7-9-20)21-16-27(24(28)19-4-5-19)23-10-12-26(15-22(21)23)14-17-3-2-11-25-13-17/h2-3,6-9,11,13,19,21-23H,4-5,10,12,14-16H2,1H3/t21-,22-,23-/m1/s1. The molecule has 0 spiro atoms. The summed E-state index contributed by atoms with van der Waals surface area (Å²) in [6, 6.07) is 13.0. The fourth-order valence-corrected chi connectivity index (χ4v) is 5.22. The largest absolute Gasteiger partial charge is 0.497 e. The molecule has 1 saturated carbocycles. The van der Waals surface area contributed by atoms with Crippen LogP contribution in [0.25, 0.3) is 0 Å². The van der Waals surface area contributed by atoms with E-state index in [1.54, 1.807) is 7.11 Å². The number of amides is 1. The predicted molar refractivity (Wildman–Crippen MR) is 112 cm³/mol. The maximum atomic E-state index is 13.0. The number of piperidine rings is 1. The molecule has 5 rings (SSSR count). The van der Waals surface area contributed by atoms with Gasteiger partial charge in [0, 0.05) is 62.4 Å². The third-order valence-electron chi connectivity index (χ3n) is 6.90. The molecule has 3 atom stereocenters. The zero-order chi connectivity index (χ0) is 19.8. The van der Waals surface area contributed by atoms with E-state index >= 15 is 0 Å². The smallest absolute Gasteiger partial charge is 0.225 e. The summed E-state index contributed by atoms with van der Waals surface area (Å²) >= 11 is 0. The molecule has 2 aromatic rings. The van der Waals surface area contributed by atoms with Gasteiger partial charge < -0.3 is 9.64 Å². The zero-order valence-electron chi connectivity index (χ0n) is 17.0. The van der Waals surface area contributed by atoms with Gasteiger partial charge in [-0.1, -0.05) is 18.2 Å². The van der Waals surface area contributed by atoms with Crippen molar-refractivity contribution in [2.45, 2.75) is 37.8 Å². The minimum atomic E-state index is 0.290. The van der Waals surface area contributed by atoms with Gasteiger partial charge in [-0.05, 0) is 48.6 Å². The van der Waals surface area contributed by atoms with Crippen molar-refractivity contribution in [1.82, 2.24) is 14.8 Å². The average Bonchev–Trinajstić information content (AvgIpc) is 3.55. The Morgan fingerprint density at radius 1 is 1.14 bits per heavy atom. The molecule has 2 aliphatic heterocycles. The molecule has 0 N–H and O–H groups in total. The van der Waals surface area contributed by atoms with Crippen molar-refractivity contribution in [1.29, 1.82) is 0 Å². The lowest BCUT2D eigenvalue weighted by Gasteiger charge is -2.39. The summed E-state index contributed by atoms with van der Waals surface area (Å²) in [6.07, 6.45) is 7.01. The van der Waals surface area contributed by atoms with Crippen LogP contribution in [0.15, 0.2) is 48.8 Å². The number of likely N-dealkylation sites (tertiary alicyclic amines) is 2. The highest BCUT2D eigenvalue weighted by atomic mass is 16.5. The van der Waals surface area contributed by atoms with Gasteiger partial charge in [0.25, 0.3) is 0 Å². The molecule has 0 bridgehead atoms. The SMILES string of the molecule is COc1ccc([C@H]2CN(C(=O)C3CC3)[C@@H]3CCN(Cc4cccnc4)C[C@H]23)cc1. The van der Waals surface area contributed by atoms with E-state index in [0.29, 0.717) is 29.7 Å². The van der Waals surface area contributed by atoms with Crippen LogP contribution in [0.2, 0.25) is 0 Å². The third kappa shape index (κ3) is 3.76. The first-order chi connectivity index (χ1) is 14.2. The number of ether oxygens (including phenoxy) is 1. The third-order valence-corrected chi connectivity index (χ3v) is 6.90. The Labute approximate surface area is 172 Å². The van der Waals surface area contributed by atoms with Gasteiger partial charge in [-0.25, -0.2) is 0 Å². The number of rotatable bonds is 5. The lowest BCUT2D eigenvalue weighted by atomic mass is 9.81. The Hall–Kier alpha value is -2.40. The van der Waals surface area contributed by atoms with Crippen molar-refractivity contribution >= 4 is 5.91 Å².